The van der Waals surface area contributed by atoms with Gasteiger partial charge in [0.1, 0.15) is 5.54 Å². The van der Waals surface area contributed by atoms with E-state index in [-0.39, 0.29) is 17.7 Å². The van der Waals surface area contributed by atoms with Gasteiger partial charge in [-0.05, 0) is 60.5 Å². The maximum Gasteiger partial charge on any atom is 0.259 e. The lowest BCUT2D eigenvalue weighted by Crippen LogP contribution is -2.63. The van der Waals surface area contributed by atoms with Crippen LogP contribution in [0, 0.1) is 0 Å². The molecule has 3 aromatic rings. The van der Waals surface area contributed by atoms with Crippen molar-refractivity contribution in [1.82, 2.24) is 5.32 Å². The summed E-state index contributed by atoms with van der Waals surface area (Å²) < 4.78 is 0. The molecule has 168 valence electrons. The third-order valence-corrected chi connectivity index (χ3v) is 6.03. The number of halogens is 1. The first kappa shape index (κ1) is 22.6. The highest BCUT2D eigenvalue weighted by Gasteiger charge is 2.47. The van der Waals surface area contributed by atoms with Crippen LogP contribution >= 0.6 is 11.6 Å². The van der Waals surface area contributed by atoms with Crippen molar-refractivity contribution in [1.29, 1.82) is 0 Å². The Morgan fingerprint density at radius 1 is 1.00 bits per heavy atom. The van der Waals surface area contributed by atoms with E-state index in [0.29, 0.717) is 34.9 Å². The number of hydrogen-bond donors (Lipinski definition) is 2. The molecule has 3 amide bonds. The number of nitrogens with zero attached hydrogens (tertiary/aromatic N) is 1. The van der Waals surface area contributed by atoms with Crippen molar-refractivity contribution in [3.63, 3.8) is 0 Å². The summed E-state index contributed by atoms with van der Waals surface area (Å²) in [5, 5.41) is 6.33. The van der Waals surface area contributed by atoms with Crippen LogP contribution in [-0.2, 0) is 22.6 Å². The molecule has 1 heterocycles. The Balaban J connectivity index is 1.67. The summed E-state index contributed by atoms with van der Waals surface area (Å²) >= 11 is 5.95. The Bertz CT molecular complexity index is 1210. The zero-order chi connectivity index (χ0) is 23.6. The van der Waals surface area contributed by atoms with Crippen LogP contribution < -0.4 is 15.5 Å². The van der Waals surface area contributed by atoms with E-state index in [1.54, 1.807) is 54.3 Å². The molecule has 6 nitrogen and oxygen atoms in total. The van der Waals surface area contributed by atoms with Gasteiger partial charge in [-0.2, -0.15) is 0 Å². The van der Waals surface area contributed by atoms with E-state index in [1.807, 2.05) is 30.3 Å². The van der Waals surface area contributed by atoms with Crippen LogP contribution in [0.4, 0.5) is 11.4 Å². The molecule has 1 aliphatic rings. The van der Waals surface area contributed by atoms with Crippen molar-refractivity contribution in [2.75, 3.05) is 10.2 Å². The number of carbonyl (C=O) groups is 3. The van der Waals surface area contributed by atoms with Crippen molar-refractivity contribution in [3.8, 4) is 0 Å². The van der Waals surface area contributed by atoms with Crippen LogP contribution in [0.5, 0.6) is 0 Å². The molecule has 1 atom stereocenters. The van der Waals surface area contributed by atoms with Crippen LogP contribution in [0.3, 0.4) is 0 Å². The van der Waals surface area contributed by atoms with Gasteiger partial charge in [-0.25, -0.2) is 0 Å². The fourth-order valence-electron chi connectivity index (χ4n) is 4.13. The normalized spacial score (nSPS) is 17.3. The van der Waals surface area contributed by atoms with Gasteiger partial charge in [0, 0.05) is 41.9 Å². The zero-order valence-corrected chi connectivity index (χ0v) is 19.1. The Morgan fingerprint density at radius 2 is 1.67 bits per heavy atom. The molecule has 1 unspecified atom stereocenters. The number of hydrogen-bond acceptors (Lipinski definition) is 3. The van der Waals surface area contributed by atoms with Gasteiger partial charge in [0.2, 0.25) is 11.8 Å². The first-order valence-corrected chi connectivity index (χ1v) is 11.0. The van der Waals surface area contributed by atoms with Gasteiger partial charge >= 0.3 is 0 Å². The molecule has 2 N–H and O–H groups in total. The number of carbonyl (C=O) groups excluding carboxylic acids is 3. The van der Waals surface area contributed by atoms with E-state index in [0.717, 1.165) is 11.1 Å². The largest absolute Gasteiger partial charge is 0.350 e. The minimum atomic E-state index is -1.15. The molecule has 1 aliphatic heterocycles. The summed E-state index contributed by atoms with van der Waals surface area (Å²) in [5.74, 6) is -0.684. The number of rotatable bonds is 5. The van der Waals surface area contributed by atoms with Gasteiger partial charge in [-0.1, -0.05) is 41.9 Å². The predicted molar refractivity (Wildman–Crippen MR) is 129 cm³/mol. The maximum absolute atomic E-state index is 13.6. The molecule has 7 heteroatoms. The molecule has 0 spiro atoms. The summed E-state index contributed by atoms with van der Waals surface area (Å²) in [6, 6.07) is 21.5. The van der Waals surface area contributed by atoms with Crippen molar-refractivity contribution < 1.29 is 14.4 Å². The Labute approximate surface area is 197 Å². The average molecular weight is 462 g/mol. The van der Waals surface area contributed by atoms with Crippen molar-refractivity contribution >= 4 is 40.7 Å². The molecule has 0 saturated carbocycles. The Kier molecular flexibility index (Phi) is 6.20. The molecule has 3 aromatic carbocycles. The van der Waals surface area contributed by atoms with E-state index < -0.39 is 5.54 Å². The Hall–Kier alpha value is -3.64. The molecule has 0 fully saturated rings. The van der Waals surface area contributed by atoms with E-state index in [1.165, 1.54) is 6.92 Å². The standard InChI is InChI=1S/C26H24ClN3O3/c1-17(31)29-21-11-13-22(14-12-21)30-24(32)23-6-4-3-5-19(23)15-26(30,2)25(33)28-16-18-7-9-20(27)10-8-18/h3-14H,15-16H2,1-2H3,(H,28,33)(H,29,31). The number of nitrogens with one attached hydrogen (secondary N) is 2. The van der Waals surface area contributed by atoms with E-state index >= 15 is 0 Å². The molecule has 0 aliphatic carbocycles. The van der Waals surface area contributed by atoms with Gasteiger partial charge in [0.05, 0.1) is 0 Å². The second kappa shape index (κ2) is 9.08. The molecule has 0 bridgehead atoms. The smallest absolute Gasteiger partial charge is 0.259 e. The molecular weight excluding hydrogens is 438 g/mol. The predicted octanol–water partition coefficient (Wildman–Crippen LogP) is 4.58. The zero-order valence-electron chi connectivity index (χ0n) is 18.4. The lowest BCUT2D eigenvalue weighted by molar-refractivity contribution is -0.126. The van der Waals surface area contributed by atoms with Crippen LogP contribution in [0.25, 0.3) is 0 Å². The van der Waals surface area contributed by atoms with Gasteiger partial charge in [-0.3, -0.25) is 19.3 Å². The summed E-state index contributed by atoms with van der Waals surface area (Å²) in [7, 11) is 0. The molecule has 33 heavy (non-hydrogen) atoms. The summed E-state index contributed by atoms with van der Waals surface area (Å²) in [6.45, 7) is 3.53. The summed E-state index contributed by atoms with van der Waals surface area (Å²) in [6.07, 6.45) is 0.370. The van der Waals surface area contributed by atoms with Gasteiger partial charge < -0.3 is 10.6 Å². The van der Waals surface area contributed by atoms with Gasteiger partial charge in [0.15, 0.2) is 0 Å². The lowest BCUT2D eigenvalue weighted by Gasteiger charge is -2.44. The first-order valence-electron chi connectivity index (χ1n) is 10.6. The highest BCUT2D eigenvalue weighted by atomic mass is 35.5. The minimum Gasteiger partial charge on any atom is -0.350 e. The van der Waals surface area contributed by atoms with Crippen molar-refractivity contribution in [2.24, 2.45) is 0 Å². The third-order valence-electron chi connectivity index (χ3n) is 5.78. The van der Waals surface area contributed by atoms with Crippen LogP contribution in [-0.4, -0.2) is 23.3 Å². The monoisotopic (exact) mass is 461 g/mol. The second-order valence-electron chi connectivity index (χ2n) is 8.29. The number of anilines is 2. The molecule has 4 rings (SSSR count). The molecule has 0 aromatic heterocycles. The highest BCUT2D eigenvalue weighted by molar-refractivity contribution is 6.30. The van der Waals surface area contributed by atoms with Crippen LogP contribution in [0.2, 0.25) is 5.02 Å². The minimum absolute atomic E-state index is 0.183. The fraction of sp³-hybridized carbons (Fsp3) is 0.192. The highest BCUT2D eigenvalue weighted by Crippen LogP contribution is 2.36. The SMILES string of the molecule is CC(=O)Nc1ccc(N2C(=O)c3ccccc3CC2(C)C(=O)NCc2ccc(Cl)cc2)cc1. The number of amides is 3. The summed E-state index contributed by atoms with van der Waals surface area (Å²) in [5.41, 5.74) is 2.36. The lowest BCUT2D eigenvalue weighted by atomic mass is 9.82. The molecule has 0 radical (unpaired) electrons. The third kappa shape index (κ3) is 4.61. The number of fused-ring (bicyclic) bond motifs is 1. The van der Waals surface area contributed by atoms with E-state index in [4.69, 9.17) is 11.6 Å². The maximum atomic E-state index is 13.6. The average Bonchev–Trinajstić information content (AvgIpc) is 2.79. The van der Waals surface area contributed by atoms with Crippen molar-refractivity contribution in [3.05, 3.63) is 94.5 Å². The van der Waals surface area contributed by atoms with Crippen LogP contribution in [0.15, 0.2) is 72.8 Å². The summed E-state index contributed by atoms with van der Waals surface area (Å²) in [4.78, 5) is 40.0. The second-order valence-corrected chi connectivity index (χ2v) is 8.72. The van der Waals surface area contributed by atoms with Crippen molar-refractivity contribution in [2.45, 2.75) is 32.4 Å². The Morgan fingerprint density at radius 3 is 2.33 bits per heavy atom. The van der Waals surface area contributed by atoms with E-state index in [2.05, 4.69) is 10.6 Å². The molecular formula is C26H24ClN3O3. The quantitative estimate of drug-likeness (QED) is 0.584. The first-order chi connectivity index (χ1) is 15.8. The number of benzene rings is 3. The van der Waals surface area contributed by atoms with E-state index in [9.17, 15) is 14.4 Å². The van der Waals surface area contributed by atoms with Crippen LogP contribution in [0.1, 0.15) is 35.3 Å². The molecule has 0 saturated heterocycles. The van der Waals surface area contributed by atoms with Gasteiger partial charge in [-0.15, -0.1) is 0 Å². The topological polar surface area (TPSA) is 78.5 Å². The van der Waals surface area contributed by atoms with Gasteiger partial charge in [0.25, 0.3) is 5.91 Å². The fourth-order valence-corrected chi connectivity index (χ4v) is 4.26.